The van der Waals surface area contributed by atoms with Crippen LogP contribution in [0, 0.1) is 17.3 Å². The molecule has 2 aliphatic rings. The zero-order valence-corrected chi connectivity index (χ0v) is 25.1. The van der Waals surface area contributed by atoms with Gasteiger partial charge in [0, 0.05) is 55.8 Å². The third-order valence-corrected chi connectivity index (χ3v) is 8.75. The predicted octanol–water partition coefficient (Wildman–Crippen LogP) is 6.93. The minimum Gasteiger partial charge on any atom is -0.508 e. The topological polar surface area (TPSA) is 70.4 Å². The van der Waals surface area contributed by atoms with Gasteiger partial charge in [0.15, 0.2) is 0 Å². The SMILES string of the molecule is C=C(O)C1=CC(Cl)=CCC(C(C)C)C1NCc1cc(C(C)(F)F)cc2c(=O)n(C)c(N3CCC(C)(C)CC3)nc12. The summed E-state index contributed by atoms with van der Waals surface area (Å²) in [6.07, 6.45) is 6.21. The number of nitrogens with one attached hydrogen (secondary N) is 1. The minimum absolute atomic E-state index is 0.0570. The maximum atomic E-state index is 14.6. The highest BCUT2D eigenvalue weighted by molar-refractivity contribution is 6.31. The number of aromatic nitrogens is 2. The number of nitrogens with zero attached hydrogens (tertiary/aromatic N) is 3. The van der Waals surface area contributed by atoms with Crippen molar-refractivity contribution in [1.82, 2.24) is 14.9 Å². The van der Waals surface area contributed by atoms with Gasteiger partial charge in [-0.2, -0.15) is 0 Å². The summed E-state index contributed by atoms with van der Waals surface area (Å²) in [7, 11) is 1.65. The van der Waals surface area contributed by atoms with E-state index in [9.17, 15) is 18.7 Å². The van der Waals surface area contributed by atoms with Crippen molar-refractivity contribution < 1.29 is 13.9 Å². The van der Waals surface area contributed by atoms with Crippen LogP contribution in [0.4, 0.5) is 14.7 Å². The lowest BCUT2D eigenvalue weighted by Crippen LogP contribution is -2.41. The minimum atomic E-state index is -3.14. The van der Waals surface area contributed by atoms with Crippen LogP contribution in [-0.4, -0.2) is 33.8 Å². The Kier molecular flexibility index (Phi) is 8.53. The molecule has 1 fully saturated rings. The molecule has 1 aromatic heterocycles. The monoisotopic (exact) mass is 574 g/mol. The van der Waals surface area contributed by atoms with Crippen LogP contribution in [0.5, 0.6) is 0 Å². The van der Waals surface area contributed by atoms with Gasteiger partial charge in [0.1, 0.15) is 5.76 Å². The fourth-order valence-corrected chi connectivity index (χ4v) is 5.94. The van der Waals surface area contributed by atoms with Crippen LogP contribution in [0.25, 0.3) is 10.9 Å². The Morgan fingerprint density at radius 3 is 2.52 bits per heavy atom. The molecule has 0 radical (unpaired) electrons. The molecule has 2 aromatic rings. The van der Waals surface area contributed by atoms with E-state index >= 15 is 0 Å². The zero-order chi connectivity index (χ0) is 29.6. The first-order valence-corrected chi connectivity index (χ1v) is 14.3. The molecule has 2 atom stereocenters. The van der Waals surface area contributed by atoms with Crippen LogP contribution in [0.3, 0.4) is 0 Å². The van der Waals surface area contributed by atoms with E-state index < -0.39 is 5.92 Å². The number of rotatable bonds is 7. The summed E-state index contributed by atoms with van der Waals surface area (Å²) >= 11 is 6.37. The summed E-state index contributed by atoms with van der Waals surface area (Å²) in [5, 5.41) is 14.6. The Morgan fingerprint density at radius 2 is 1.95 bits per heavy atom. The lowest BCUT2D eigenvalue weighted by molar-refractivity contribution is 0.0175. The number of hydrogen-bond donors (Lipinski definition) is 2. The Labute approximate surface area is 240 Å². The largest absolute Gasteiger partial charge is 0.508 e. The van der Waals surface area contributed by atoms with E-state index in [1.807, 2.05) is 6.08 Å². The van der Waals surface area contributed by atoms with Crippen molar-refractivity contribution in [3.05, 3.63) is 68.7 Å². The normalized spacial score (nSPS) is 21.8. The van der Waals surface area contributed by atoms with Crippen molar-refractivity contribution >= 4 is 28.5 Å². The molecule has 40 heavy (non-hydrogen) atoms. The van der Waals surface area contributed by atoms with Gasteiger partial charge in [-0.05, 0) is 60.3 Å². The molecule has 1 aromatic carbocycles. The molecular formula is C31H41ClF2N4O2. The number of anilines is 1. The number of alkyl halides is 2. The zero-order valence-electron chi connectivity index (χ0n) is 24.3. The van der Waals surface area contributed by atoms with Gasteiger partial charge in [-0.15, -0.1) is 0 Å². The van der Waals surface area contributed by atoms with Gasteiger partial charge in [-0.3, -0.25) is 9.36 Å². The van der Waals surface area contributed by atoms with Gasteiger partial charge in [0.05, 0.1) is 10.9 Å². The van der Waals surface area contributed by atoms with Crippen LogP contribution < -0.4 is 15.8 Å². The average Bonchev–Trinajstić information content (AvgIpc) is 3.03. The first-order chi connectivity index (χ1) is 18.6. The van der Waals surface area contributed by atoms with Gasteiger partial charge in [0.25, 0.3) is 11.5 Å². The summed E-state index contributed by atoms with van der Waals surface area (Å²) in [4.78, 5) is 20.6. The lowest BCUT2D eigenvalue weighted by atomic mass is 9.82. The van der Waals surface area contributed by atoms with Crippen LogP contribution in [0.15, 0.2) is 52.0 Å². The fraction of sp³-hybridized carbons (Fsp3) is 0.548. The molecule has 2 unspecified atom stereocenters. The molecule has 2 N–H and O–H groups in total. The maximum Gasteiger partial charge on any atom is 0.270 e. The fourth-order valence-electron chi connectivity index (χ4n) is 5.73. The number of aliphatic hydroxyl groups excluding tert-OH is 1. The van der Waals surface area contributed by atoms with Gasteiger partial charge in [-0.1, -0.05) is 52.0 Å². The van der Waals surface area contributed by atoms with Crippen LogP contribution >= 0.6 is 11.6 Å². The molecule has 1 aliphatic heterocycles. The van der Waals surface area contributed by atoms with Crippen LogP contribution in [-0.2, 0) is 19.5 Å². The molecule has 0 amide bonds. The van der Waals surface area contributed by atoms with Crippen molar-refractivity contribution in [3.63, 3.8) is 0 Å². The Bertz CT molecular complexity index is 1410. The molecule has 0 saturated carbocycles. The third kappa shape index (κ3) is 6.28. The van der Waals surface area contributed by atoms with Crippen molar-refractivity contribution in [3.8, 4) is 0 Å². The van der Waals surface area contributed by atoms with E-state index in [-0.39, 0.29) is 52.1 Å². The Morgan fingerprint density at radius 1 is 1.30 bits per heavy atom. The van der Waals surface area contributed by atoms with Crippen molar-refractivity contribution in [2.24, 2.45) is 24.3 Å². The first-order valence-electron chi connectivity index (χ1n) is 13.9. The molecule has 2 heterocycles. The average molecular weight is 575 g/mol. The van der Waals surface area contributed by atoms with Crippen LogP contribution in [0.1, 0.15) is 65.0 Å². The van der Waals surface area contributed by atoms with E-state index in [0.717, 1.165) is 32.9 Å². The molecule has 0 bridgehead atoms. The number of benzene rings is 1. The second-order valence-corrected chi connectivity index (χ2v) is 12.9. The number of piperidine rings is 1. The molecular weight excluding hydrogens is 534 g/mol. The first kappa shape index (κ1) is 30.3. The molecule has 1 aliphatic carbocycles. The highest BCUT2D eigenvalue weighted by Gasteiger charge is 2.32. The van der Waals surface area contributed by atoms with E-state index in [1.165, 1.54) is 16.7 Å². The molecule has 9 heteroatoms. The van der Waals surface area contributed by atoms with Gasteiger partial charge >= 0.3 is 0 Å². The van der Waals surface area contributed by atoms with Gasteiger partial charge in [0.2, 0.25) is 5.95 Å². The second-order valence-electron chi connectivity index (χ2n) is 12.5. The molecule has 218 valence electrons. The summed E-state index contributed by atoms with van der Waals surface area (Å²) in [5.41, 5.74) is 1.08. The quantitative estimate of drug-likeness (QED) is 0.351. The number of aliphatic hydroxyl groups is 1. The van der Waals surface area contributed by atoms with Gasteiger partial charge in [-0.25, -0.2) is 13.8 Å². The van der Waals surface area contributed by atoms with Gasteiger partial charge < -0.3 is 15.3 Å². The number of fused-ring (bicyclic) bond motifs is 1. The van der Waals surface area contributed by atoms with Crippen molar-refractivity contribution in [2.75, 3.05) is 18.0 Å². The van der Waals surface area contributed by atoms with E-state index in [1.54, 1.807) is 13.1 Å². The smallest absolute Gasteiger partial charge is 0.270 e. The summed E-state index contributed by atoms with van der Waals surface area (Å²) in [6, 6.07) is 2.36. The van der Waals surface area contributed by atoms with E-state index in [0.29, 0.717) is 34.1 Å². The number of halogens is 3. The number of allylic oxidation sites excluding steroid dienone is 3. The van der Waals surface area contributed by atoms with Crippen LogP contribution in [0.2, 0.25) is 0 Å². The predicted molar refractivity (Wildman–Crippen MR) is 159 cm³/mol. The lowest BCUT2D eigenvalue weighted by Gasteiger charge is -2.38. The Hall–Kier alpha value is -2.71. The van der Waals surface area contributed by atoms with Crippen molar-refractivity contribution in [1.29, 1.82) is 0 Å². The highest BCUT2D eigenvalue weighted by Crippen LogP contribution is 2.35. The van der Waals surface area contributed by atoms with Crippen molar-refractivity contribution in [2.45, 2.75) is 72.4 Å². The van der Waals surface area contributed by atoms with E-state index in [2.05, 4.69) is 44.5 Å². The molecule has 4 rings (SSSR count). The summed E-state index contributed by atoms with van der Waals surface area (Å²) < 4.78 is 30.7. The molecule has 1 saturated heterocycles. The maximum absolute atomic E-state index is 14.6. The number of hydrogen-bond acceptors (Lipinski definition) is 5. The summed E-state index contributed by atoms with van der Waals surface area (Å²) in [6.45, 7) is 14.9. The molecule has 0 spiro atoms. The standard InChI is InChI=1S/C31H41ClF2N4O2/c1-18(2)23-9-8-22(32)16-24(19(3)39)27(23)35-17-20-14-21(31(6,33)34)15-25-26(20)36-29(37(7)28(25)40)38-12-10-30(4,5)11-13-38/h8,14-16,18,23,27,35,39H,3,9-13,17H2,1-2,4-7H3. The van der Waals surface area contributed by atoms with E-state index in [4.69, 9.17) is 16.6 Å². The third-order valence-electron chi connectivity index (χ3n) is 8.49. The second kappa shape index (κ2) is 11.3. The molecule has 6 nitrogen and oxygen atoms in total. The Balaban J connectivity index is 1.82. The summed E-state index contributed by atoms with van der Waals surface area (Å²) in [5.74, 6) is -2.42. The highest BCUT2D eigenvalue weighted by atomic mass is 35.5.